The molecule has 0 radical (unpaired) electrons. The van der Waals surface area contributed by atoms with Crippen LogP contribution in [0.4, 0.5) is 5.82 Å². The molecule has 9 heavy (non-hydrogen) atoms. The molecule has 0 unspecified atom stereocenters. The lowest BCUT2D eigenvalue weighted by molar-refractivity contribution is -0.107. The van der Waals surface area contributed by atoms with Crippen LogP contribution in [0.1, 0.15) is 0 Å². The van der Waals surface area contributed by atoms with Crippen molar-refractivity contribution in [3.63, 3.8) is 0 Å². The number of thiazole rings is 1. The monoisotopic (exact) mass is 143 g/mol. The average molecular weight is 143 g/mol. The van der Waals surface area contributed by atoms with Gasteiger partial charge in [0.05, 0.1) is 5.51 Å². The maximum atomic E-state index is 9.97. The summed E-state index contributed by atoms with van der Waals surface area (Å²) >= 11 is 1.39. The van der Waals surface area contributed by atoms with E-state index in [4.69, 9.17) is 5.84 Å². The molecule has 48 valence electrons. The molecular weight excluding hydrogens is 138 g/mol. The van der Waals surface area contributed by atoms with E-state index in [-0.39, 0.29) is 0 Å². The van der Waals surface area contributed by atoms with Gasteiger partial charge in [-0.05, 0) is 0 Å². The Hall–Kier alpha value is -0.940. The molecule has 0 aliphatic heterocycles. The van der Waals surface area contributed by atoms with Gasteiger partial charge in [0.2, 0.25) is 6.41 Å². The molecule has 1 amide bonds. The van der Waals surface area contributed by atoms with Gasteiger partial charge in [0, 0.05) is 5.38 Å². The van der Waals surface area contributed by atoms with Crippen LogP contribution in [0, 0.1) is 0 Å². The van der Waals surface area contributed by atoms with Gasteiger partial charge in [0.25, 0.3) is 0 Å². The van der Waals surface area contributed by atoms with E-state index in [1.807, 2.05) is 0 Å². The second-order valence-electron chi connectivity index (χ2n) is 1.36. The van der Waals surface area contributed by atoms with Crippen LogP contribution in [0.3, 0.4) is 0 Å². The smallest absolute Gasteiger partial charge is 0.229 e. The summed E-state index contributed by atoms with van der Waals surface area (Å²) in [5.74, 6) is 5.63. The summed E-state index contributed by atoms with van der Waals surface area (Å²) in [4.78, 5) is 13.7. The van der Waals surface area contributed by atoms with E-state index in [1.54, 1.807) is 10.9 Å². The van der Waals surface area contributed by atoms with Gasteiger partial charge < -0.3 is 0 Å². The molecule has 0 atom stereocenters. The highest BCUT2D eigenvalue weighted by molar-refractivity contribution is 7.07. The number of nitrogens with two attached hydrogens (primary N) is 1. The summed E-state index contributed by atoms with van der Waals surface area (Å²) in [6, 6.07) is 0. The van der Waals surface area contributed by atoms with Crippen molar-refractivity contribution in [2.75, 3.05) is 5.01 Å². The van der Waals surface area contributed by atoms with Crippen LogP contribution >= 0.6 is 11.3 Å². The quantitative estimate of drug-likeness (QED) is 0.274. The molecule has 0 bridgehead atoms. The summed E-state index contributed by atoms with van der Waals surface area (Å²) in [5.41, 5.74) is 1.61. The Balaban J connectivity index is 2.76. The zero-order chi connectivity index (χ0) is 6.69. The van der Waals surface area contributed by atoms with Gasteiger partial charge in [-0.2, -0.15) is 0 Å². The third-order valence-electron chi connectivity index (χ3n) is 0.797. The number of hydrogen-bond donors (Lipinski definition) is 1. The van der Waals surface area contributed by atoms with E-state index in [0.29, 0.717) is 12.2 Å². The normalized spacial score (nSPS) is 9.00. The van der Waals surface area contributed by atoms with Crippen LogP contribution in [0.5, 0.6) is 0 Å². The summed E-state index contributed by atoms with van der Waals surface area (Å²) < 4.78 is 0. The molecule has 0 saturated carbocycles. The number of anilines is 1. The molecule has 0 fully saturated rings. The first-order chi connectivity index (χ1) is 4.34. The number of nitrogens with zero attached hydrogens (tertiary/aromatic N) is 2. The van der Waals surface area contributed by atoms with Crippen LogP contribution in [0.25, 0.3) is 0 Å². The lowest BCUT2D eigenvalue weighted by Gasteiger charge is -2.02. The number of hydrazine groups is 1. The zero-order valence-electron chi connectivity index (χ0n) is 4.52. The number of carbonyl (C=O) groups excluding carboxylic acids is 1. The Labute approximate surface area is 55.9 Å². The van der Waals surface area contributed by atoms with Crippen molar-refractivity contribution < 1.29 is 4.79 Å². The van der Waals surface area contributed by atoms with E-state index >= 15 is 0 Å². The zero-order valence-corrected chi connectivity index (χ0v) is 5.34. The van der Waals surface area contributed by atoms with E-state index in [2.05, 4.69) is 4.98 Å². The third-order valence-corrected chi connectivity index (χ3v) is 1.37. The van der Waals surface area contributed by atoms with E-state index < -0.39 is 0 Å². The van der Waals surface area contributed by atoms with Gasteiger partial charge >= 0.3 is 0 Å². The fourth-order valence-corrected chi connectivity index (χ4v) is 0.922. The van der Waals surface area contributed by atoms with Gasteiger partial charge in [0.1, 0.15) is 0 Å². The van der Waals surface area contributed by atoms with Crippen molar-refractivity contribution in [2.24, 2.45) is 5.84 Å². The predicted octanol–water partition coefficient (Wildman–Crippen LogP) is -0.0204. The van der Waals surface area contributed by atoms with Gasteiger partial charge in [0.15, 0.2) is 5.82 Å². The number of hydrogen-bond acceptors (Lipinski definition) is 4. The van der Waals surface area contributed by atoms with Crippen LogP contribution < -0.4 is 10.9 Å². The van der Waals surface area contributed by atoms with Crippen molar-refractivity contribution in [3.8, 4) is 0 Å². The standard InChI is InChI=1S/C4H5N3OS/c5-7(3-8)4-1-9-2-6-4/h1-3H,5H2. The van der Waals surface area contributed by atoms with Crippen molar-refractivity contribution in [3.05, 3.63) is 10.9 Å². The van der Waals surface area contributed by atoms with E-state index in [9.17, 15) is 4.79 Å². The number of amides is 1. The minimum Gasteiger partial charge on any atom is -0.277 e. The second-order valence-corrected chi connectivity index (χ2v) is 2.08. The Morgan fingerprint density at radius 2 is 2.67 bits per heavy atom. The molecule has 0 saturated heterocycles. The first-order valence-corrected chi connectivity index (χ1v) is 3.16. The Bertz CT molecular complexity index is 186. The number of aromatic nitrogens is 1. The maximum Gasteiger partial charge on any atom is 0.229 e. The van der Waals surface area contributed by atoms with Gasteiger partial charge in [-0.15, -0.1) is 11.3 Å². The lowest BCUT2D eigenvalue weighted by atomic mass is 10.8. The summed E-state index contributed by atoms with van der Waals surface area (Å²) in [5, 5.41) is 2.62. The first kappa shape index (κ1) is 6.18. The second kappa shape index (κ2) is 2.56. The average Bonchev–Trinajstić information content (AvgIpc) is 2.37. The fraction of sp³-hybridized carbons (Fsp3) is 0. The van der Waals surface area contributed by atoms with Gasteiger partial charge in [-0.1, -0.05) is 0 Å². The van der Waals surface area contributed by atoms with Crippen molar-refractivity contribution in [1.29, 1.82) is 0 Å². The maximum absolute atomic E-state index is 9.97. The van der Waals surface area contributed by atoms with Crippen molar-refractivity contribution in [1.82, 2.24) is 4.98 Å². The summed E-state index contributed by atoms with van der Waals surface area (Å²) in [6.45, 7) is 0. The van der Waals surface area contributed by atoms with E-state index in [1.165, 1.54) is 11.3 Å². The largest absolute Gasteiger partial charge is 0.277 e. The minimum atomic E-state index is 0.481. The van der Waals surface area contributed by atoms with Crippen molar-refractivity contribution in [2.45, 2.75) is 0 Å². The van der Waals surface area contributed by atoms with Crippen LogP contribution in [0.2, 0.25) is 0 Å². The predicted molar refractivity (Wildman–Crippen MR) is 34.8 cm³/mol. The lowest BCUT2D eigenvalue weighted by Crippen LogP contribution is -2.28. The van der Waals surface area contributed by atoms with Gasteiger partial charge in [-0.25, -0.2) is 15.8 Å². The molecule has 0 aromatic carbocycles. The molecule has 5 heteroatoms. The molecule has 0 spiro atoms. The molecule has 0 aliphatic carbocycles. The molecule has 2 N–H and O–H groups in total. The van der Waals surface area contributed by atoms with Gasteiger partial charge in [-0.3, -0.25) is 4.79 Å². The molecule has 0 aliphatic rings. The summed E-state index contributed by atoms with van der Waals surface area (Å²) in [7, 11) is 0. The highest BCUT2D eigenvalue weighted by atomic mass is 32.1. The SMILES string of the molecule is NN(C=O)c1cscn1. The molecule has 1 rings (SSSR count). The number of carbonyl (C=O) groups is 1. The summed E-state index contributed by atoms with van der Waals surface area (Å²) in [6.07, 6.45) is 0.509. The first-order valence-electron chi connectivity index (χ1n) is 2.22. The Kier molecular flexibility index (Phi) is 1.76. The van der Waals surface area contributed by atoms with Crippen LogP contribution in [0.15, 0.2) is 10.9 Å². The van der Waals surface area contributed by atoms with Crippen LogP contribution in [-0.2, 0) is 4.79 Å². The molecular formula is C4H5N3OS. The minimum absolute atomic E-state index is 0.481. The topological polar surface area (TPSA) is 59.2 Å². The molecule has 1 aromatic heterocycles. The Morgan fingerprint density at radius 1 is 1.89 bits per heavy atom. The fourth-order valence-electron chi connectivity index (χ4n) is 0.388. The molecule has 1 aromatic rings. The Morgan fingerprint density at radius 3 is 3.11 bits per heavy atom. The van der Waals surface area contributed by atoms with E-state index in [0.717, 1.165) is 5.01 Å². The highest BCUT2D eigenvalue weighted by Gasteiger charge is 1.97. The molecule has 1 heterocycles. The third kappa shape index (κ3) is 1.24. The number of rotatable bonds is 2. The highest BCUT2D eigenvalue weighted by Crippen LogP contribution is 2.07. The molecule has 4 nitrogen and oxygen atoms in total. The van der Waals surface area contributed by atoms with Crippen LogP contribution in [-0.4, -0.2) is 11.4 Å². The van der Waals surface area contributed by atoms with Crippen molar-refractivity contribution >= 4 is 23.6 Å².